The minimum absolute atomic E-state index is 0.00210. The summed E-state index contributed by atoms with van der Waals surface area (Å²) >= 11 is 0. The Bertz CT molecular complexity index is 645. The summed E-state index contributed by atoms with van der Waals surface area (Å²) in [4.78, 5) is 33.6. The maximum Gasteiger partial charge on any atom is 0.407 e. The zero-order valence-electron chi connectivity index (χ0n) is 12.7. The summed E-state index contributed by atoms with van der Waals surface area (Å²) in [6.07, 6.45) is -0.0400. The standard InChI is InChI=1S/C14H16F2N4O3/c1-19(11(21)9-4-17-8(3-18-9)10(15)16)13-5-14(6-13,7-13)20(2)12(22)23/h3-4,10H,5-7H2,1-2H3,(H,22,23). The summed E-state index contributed by atoms with van der Waals surface area (Å²) in [5.41, 5.74) is -1.23. The van der Waals surface area contributed by atoms with Gasteiger partial charge in [0.1, 0.15) is 11.4 Å². The van der Waals surface area contributed by atoms with E-state index in [2.05, 4.69) is 9.97 Å². The van der Waals surface area contributed by atoms with Crippen LogP contribution in [0.5, 0.6) is 0 Å². The SMILES string of the molecule is CN(C(=O)O)C12CC(N(C)C(=O)c3cnc(C(F)F)cn3)(C1)C2. The number of hydrogen-bond donors (Lipinski definition) is 1. The van der Waals surface area contributed by atoms with Crippen LogP contribution in [-0.2, 0) is 0 Å². The molecule has 1 aromatic rings. The Morgan fingerprint density at radius 2 is 1.70 bits per heavy atom. The highest BCUT2D eigenvalue weighted by molar-refractivity contribution is 5.92. The topological polar surface area (TPSA) is 86.6 Å². The van der Waals surface area contributed by atoms with E-state index in [9.17, 15) is 18.4 Å². The summed E-state index contributed by atoms with van der Waals surface area (Å²) in [5.74, 6) is -0.399. The van der Waals surface area contributed by atoms with Crippen molar-refractivity contribution in [2.75, 3.05) is 14.1 Å². The van der Waals surface area contributed by atoms with E-state index in [-0.39, 0.29) is 16.8 Å². The van der Waals surface area contributed by atoms with E-state index in [1.807, 2.05) is 0 Å². The van der Waals surface area contributed by atoms with Crippen LogP contribution in [-0.4, -0.2) is 62.0 Å². The summed E-state index contributed by atoms with van der Waals surface area (Å²) in [5, 5.41) is 9.05. The molecule has 3 saturated carbocycles. The summed E-state index contributed by atoms with van der Waals surface area (Å²) in [7, 11) is 3.15. The minimum atomic E-state index is -2.73. The smallest absolute Gasteiger partial charge is 0.407 e. The van der Waals surface area contributed by atoms with Crippen molar-refractivity contribution in [3.05, 3.63) is 23.8 Å². The van der Waals surface area contributed by atoms with Gasteiger partial charge in [-0.25, -0.2) is 18.6 Å². The van der Waals surface area contributed by atoms with Gasteiger partial charge in [0.05, 0.1) is 17.9 Å². The number of aromatic nitrogens is 2. The number of carbonyl (C=O) groups is 2. The molecule has 0 radical (unpaired) electrons. The van der Waals surface area contributed by atoms with E-state index < -0.39 is 24.1 Å². The molecule has 0 unspecified atom stereocenters. The molecule has 23 heavy (non-hydrogen) atoms. The second-order valence-corrected chi connectivity index (χ2v) is 6.31. The van der Waals surface area contributed by atoms with Gasteiger partial charge in [0.15, 0.2) is 0 Å². The number of carbonyl (C=O) groups excluding carboxylic acids is 1. The Kier molecular flexibility index (Phi) is 3.27. The number of nitrogens with zero attached hydrogens (tertiary/aromatic N) is 4. The third kappa shape index (κ3) is 2.13. The van der Waals surface area contributed by atoms with E-state index in [4.69, 9.17) is 5.11 Å². The molecule has 9 heteroatoms. The van der Waals surface area contributed by atoms with Crippen molar-refractivity contribution in [3.63, 3.8) is 0 Å². The fourth-order valence-electron chi connectivity index (χ4n) is 3.55. The summed E-state index contributed by atoms with van der Waals surface area (Å²) in [6.45, 7) is 0. The van der Waals surface area contributed by atoms with Crippen LogP contribution in [0.25, 0.3) is 0 Å². The average molecular weight is 326 g/mol. The largest absolute Gasteiger partial charge is 0.465 e. The highest BCUT2D eigenvalue weighted by Gasteiger charge is 2.73. The molecule has 3 fully saturated rings. The lowest BCUT2D eigenvalue weighted by Crippen LogP contribution is -2.83. The van der Waals surface area contributed by atoms with E-state index in [1.165, 1.54) is 16.8 Å². The first-order valence-electron chi connectivity index (χ1n) is 7.06. The number of amides is 2. The van der Waals surface area contributed by atoms with E-state index in [0.717, 1.165) is 12.4 Å². The van der Waals surface area contributed by atoms with Gasteiger partial charge in [0, 0.05) is 19.6 Å². The van der Waals surface area contributed by atoms with Crippen molar-refractivity contribution in [1.82, 2.24) is 19.8 Å². The molecule has 0 atom stereocenters. The zero-order valence-corrected chi connectivity index (χ0v) is 12.7. The first-order valence-corrected chi connectivity index (χ1v) is 7.06. The van der Waals surface area contributed by atoms with Crippen LogP contribution in [0, 0.1) is 0 Å². The number of carboxylic acid groups (broad SMARTS) is 1. The van der Waals surface area contributed by atoms with Crippen molar-refractivity contribution in [1.29, 1.82) is 0 Å². The summed E-state index contributed by atoms with van der Waals surface area (Å²) in [6, 6.07) is 0. The zero-order chi connectivity index (χ0) is 17.0. The Balaban J connectivity index is 1.68. The highest BCUT2D eigenvalue weighted by Crippen LogP contribution is 2.65. The van der Waals surface area contributed by atoms with Gasteiger partial charge < -0.3 is 14.9 Å². The fraction of sp³-hybridized carbons (Fsp3) is 0.571. The van der Waals surface area contributed by atoms with Gasteiger partial charge in [-0.05, 0) is 19.3 Å². The quantitative estimate of drug-likeness (QED) is 0.911. The van der Waals surface area contributed by atoms with E-state index in [1.54, 1.807) is 7.05 Å². The minimum Gasteiger partial charge on any atom is -0.465 e. The predicted molar refractivity (Wildman–Crippen MR) is 74.2 cm³/mol. The first kappa shape index (κ1) is 15.6. The van der Waals surface area contributed by atoms with Gasteiger partial charge in [0.2, 0.25) is 0 Å². The van der Waals surface area contributed by atoms with Crippen LogP contribution in [0.2, 0.25) is 0 Å². The van der Waals surface area contributed by atoms with E-state index in [0.29, 0.717) is 19.3 Å². The lowest BCUT2D eigenvalue weighted by atomic mass is 9.43. The molecule has 0 aromatic carbocycles. The molecule has 124 valence electrons. The lowest BCUT2D eigenvalue weighted by molar-refractivity contribution is -0.196. The normalized spacial score (nSPS) is 27.9. The molecule has 1 heterocycles. The Morgan fingerprint density at radius 3 is 2.13 bits per heavy atom. The van der Waals surface area contributed by atoms with Crippen molar-refractivity contribution in [3.8, 4) is 0 Å². The predicted octanol–water partition coefficient (Wildman–Crippen LogP) is 1.77. The van der Waals surface area contributed by atoms with Gasteiger partial charge >= 0.3 is 6.09 Å². The molecular weight excluding hydrogens is 310 g/mol. The maximum absolute atomic E-state index is 12.5. The van der Waals surface area contributed by atoms with Gasteiger partial charge in [-0.2, -0.15) is 0 Å². The third-order valence-corrected chi connectivity index (χ3v) is 5.10. The molecule has 0 spiro atoms. The molecule has 3 aliphatic rings. The molecule has 4 rings (SSSR count). The van der Waals surface area contributed by atoms with Crippen LogP contribution >= 0.6 is 0 Å². The number of alkyl halides is 2. The summed E-state index contributed by atoms with van der Waals surface area (Å²) < 4.78 is 24.9. The van der Waals surface area contributed by atoms with Crippen LogP contribution < -0.4 is 0 Å². The molecule has 1 aromatic heterocycles. The van der Waals surface area contributed by atoms with Crippen LogP contribution in [0.3, 0.4) is 0 Å². The molecule has 0 saturated heterocycles. The Hall–Kier alpha value is -2.32. The first-order chi connectivity index (χ1) is 10.7. The van der Waals surface area contributed by atoms with Crippen molar-refractivity contribution in [2.24, 2.45) is 0 Å². The van der Waals surface area contributed by atoms with Crippen LogP contribution in [0.15, 0.2) is 12.4 Å². The van der Waals surface area contributed by atoms with Gasteiger partial charge in [-0.15, -0.1) is 0 Å². The van der Waals surface area contributed by atoms with Crippen molar-refractivity contribution < 1.29 is 23.5 Å². The Labute approximate surface area is 130 Å². The number of halogens is 2. The third-order valence-electron chi connectivity index (χ3n) is 5.10. The number of rotatable bonds is 4. The lowest BCUT2D eigenvalue weighted by Gasteiger charge is -2.74. The van der Waals surface area contributed by atoms with Crippen LogP contribution in [0.1, 0.15) is 41.9 Å². The van der Waals surface area contributed by atoms with Gasteiger partial charge in [0.25, 0.3) is 12.3 Å². The van der Waals surface area contributed by atoms with Gasteiger partial charge in [-0.3, -0.25) is 9.78 Å². The molecule has 2 amide bonds. The van der Waals surface area contributed by atoms with Crippen molar-refractivity contribution >= 4 is 12.0 Å². The van der Waals surface area contributed by atoms with Crippen molar-refractivity contribution in [2.45, 2.75) is 36.8 Å². The fourth-order valence-corrected chi connectivity index (χ4v) is 3.55. The second kappa shape index (κ2) is 4.84. The van der Waals surface area contributed by atoms with Gasteiger partial charge in [-0.1, -0.05) is 0 Å². The average Bonchev–Trinajstić information content (AvgIpc) is 2.43. The molecule has 0 aliphatic heterocycles. The molecule has 2 bridgehead atoms. The highest BCUT2D eigenvalue weighted by atomic mass is 19.3. The molecule has 7 nitrogen and oxygen atoms in total. The molecular formula is C14H16F2N4O3. The number of hydrogen-bond acceptors (Lipinski definition) is 4. The van der Waals surface area contributed by atoms with Crippen LogP contribution in [0.4, 0.5) is 13.6 Å². The molecule has 1 N–H and O–H groups in total. The Morgan fingerprint density at radius 1 is 1.13 bits per heavy atom. The monoisotopic (exact) mass is 326 g/mol. The maximum atomic E-state index is 12.5. The second-order valence-electron chi connectivity index (χ2n) is 6.31. The molecule has 3 aliphatic carbocycles. The van der Waals surface area contributed by atoms with E-state index >= 15 is 0 Å².